The van der Waals surface area contributed by atoms with E-state index in [0.717, 1.165) is 19.3 Å². The van der Waals surface area contributed by atoms with Gasteiger partial charge in [-0.15, -0.1) is 0 Å². The zero-order chi connectivity index (χ0) is 12.8. The molecule has 1 fully saturated rings. The fraction of sp³-hybridized carbons (Fsp3) is 0.833. The third kappa shape index (κ3) is 4.63. The minimum absolute atomic E-state index is 0.216. The van der Waals surface area contributed by atoms with Crippen LogP contribution in [0, 0.1) is 11.8 Å². The van der Waals surface area contributed by atoms with Gasteiger partial charge in [-0.05, 0) is 25.2 Å². The van der Waals surface area contributed by atoms with Gasteiger partial charge in [-0.2, -0.15) is 0 Å². The van der Waals surface area contributed by atoms with Crippen molar-refractivity contribution in [3.63, 3.8) is 0 Å². The van der Waals surface area contributed by atoms with Gasteiger partial charge in [0, 0.05) is 12.6 Å². The zero-order valence-electron chi connectivity index (χ0n) is 10.5. The highest BCUT2D eigenvalue weighted by molar-refractivity contribution is 5.76. The number of rotatable bonds is 5. The van der Waals surface area contributed by atoms with Crippen molar-refractivity contribution >= 4 is 12.0 Å². The van der Waals surface area contributed by atoms with Gasteiger partial charge >= 0.3 is 12.0 Å². The lowest BCUT2D eigenvalue weighted by atomic mass is 10.0. The summed E-state index contributed by atoms with van der Waals surface area (Å²) >= 11 is 0. The Hall–Kier alpha value is -1.26. The van der Waals surface area contributed by atoms with E-state index in [1.165, 1.54) is 0 Å². The number of carbonyl (C=O) groups is 2. The van der Waals surface area contributed by atoms with Crippen LogP contribution in [-0.2, 0) is 4.79 Å². The van der Waals surface area contributed by atoms with Crippen LogP contribution in [0.25, 0.3) is 0 Å². The standard InChI is InChI=1S/C12H22N2O3/c1-8(2)6-7-13-12(17)14-10-5-3-4-9(10)11(15)16/h8-10H,3-7H2,1-2H3,(H,15,16)(H2,13,14,17). The average Bonchev–Trinajstić information content (AvgIpc) is 2.65. The molecule has 1 rings (SSSR count). The van der Waals surface area contributed by atoms with Gasteiger partial charge < -0.3 is 15.7 Å². The molecule has 0 radical (unpaired) electrons. The molecule has 2 amide bonds. The van der Waals surface area contributed by atoms with Crippen LogP contribution in [0.15, 0.2) is 0 Å². The molecule has 1 aliphatic carbocycles. The Bertz CT molecular complexity index is 279. The molecular formula is C12H22N2O3. The monoisotopic (exact) mass is 242 g/mol. The van der Waals surface area contributed by atoms with Gasteiger partial charge in [0.15, 0.2) is 0 Å². The first-order valence-electron chi connectivity index (χ1n) is 6.28. The van der Waals surface area contributed by atoms with Crippen LogP contribution in [0.1, 0.15) is 39.5 Å². The van der Waals surface area contributed by atoms with Gasteiger partial charge in [-0.3, -0.25) is 4.79 Å². The number of aliphatic carboxylic acids is 1. The van der Waals surface area contributed by atoms with Gasteiger partial charge in [0.1, 0.15) is 0 Å². The third-order valence-corrected chi connectivity index (χ3v) is 3.16. The molecule has 0 saturated heterocycles. The molecule has 2 unspecified atom stereocenters. The van der Waals surface area contributed by atoms with E-state index in [-0.39, 0.29) is 12.1 Å². The first-order chi connectivity index (χ1) is 8.00. The van der Waals surface area contributed by atoms with Crippen molar-refractivity contribution in [1.82, 2.24) is 10.6 Å². The predicted molar refractivity (Wildman–Crippen MR) is 64.8 cm³/mol. The molecule has 98 valence electrons. The van der Waals surface area contributed by atoms with E-state index in [2.05, 4.69) is 24.5 Å². The van der Waals surface area contributed by atoms with E-state index in [9.17, 15) is 9.59 Å². The SMILES string of the molecule is CC(C)CCNC(=O)NC1CCCC1C(=O)O. The molecule has 1 aliphatic rings. The van der Waals surface area contributed by atoms with E-state index in [4.69, 9.17) is 5.11 Å². The Balaban J connectivity index is 2.28. The minimum Gasteiger partial charge on any atom is -0.481 e. The quantitative estimate of drug-likeness (QED) is 0.685. The van der Waals surface area contributed by atoms with Crippen LogP contribution in [-0.4, -0.2) is 29.7 Å². The largest absolute Gasteiger partial charge is 0.481 e. The molecule has 0 aromatic heterocycles. The Labute approximate surface area is 102 Å². The highest BCUT2D eigenvalue weighted by Crippen LogP contribution is 2.25. The average molecular weight is 242 g/mol. The Morgan fingerprint density at radius 2 is 2.06 bits per heavy atom. The molecule has 0 aliphatic heterocycles. The lowest BCUT2D eigenvalue weighted by molar-refractivity contribution is -0.142. The first-order valence-corrected chi connectivity index (χ1v) is 6.28. The summed E-state index contributed by atoms with van der Waals surface area (Å²) < 4.78 is 0. The van der Waals surface area contributed by atoms with Crippen molar-refractivity contribution in [2.24, 2.45) is 11.8 Å². The zero-order valence-corrected chi connectivity index (χ0v) is 10.5. The Morgan fingerprint density at radius 3 is 2.65 bits per heavy atom. The molecule has 3 N–H and O–H groups in total. The Kier molecular flexibility index (Phi) is 5.25. The number of carbonyl (C=O) groups excluding carboxylic acids is 1. The molecule has 0 spiro atoms. The number of carboxylic acids is 1. The van der Waals surface area contributed by atoms with Crippen molar-refractivity contribution in [2.45, 2.75) is 45.6 Å². The molecule has 17 heavy (non-hydrogen) atoms. The van der Waals surface area contributed by atoms with Gasteiger partial charge in [0.05, 0.1) is 5.92 Å². The number of hydrogen-bond donors (Lipinski definition) is 3. The maximum absolute atomic E-state index is 11.5. The van der Waals surface area contributed by atoms with Gasteiger partial charge in [0.25, 0.3) is 0 Å². The molecule has 5 nitrogen and oxygen atoms in total. The number of hydrogen-bond acceptors (Lipinski definition) is 2. The summed E-state index contributed by atoms with van der Waals surface area (Å²) in [5.74, 6) is -0.686. The molecule has 0 heterocycles. The summed E-state index contributed by atoms with van der Waals surface area (Å²) in [6.45, 7) is 4.82. The minimum atomic E-state index is -0.810. The summed E-state index contributed by atoms with van der Waals surface area (Å²) in [5.41, 5.74) is 0. The van der Waals surface area contributed by atoms with E-state index < -0.39 is 11.9 Å². The van der Waals surface area contributed by atoms with E-state index >= 15 is 0 Å². The summed E-state index contributed by atoms with van der Waals surface area (Å²) in [4.78, 5) is 22.5. The van der Waals surface area contributed by atoms with E-state index in [0.29, 0.717) is 18.9 Å². The summed E-state index contributed by atoms with van der Waals surface area (Å²) in [5, 5.41) is 14.5. The molecule has 5 heteroatoms. The van der Waals surface area contributed by atoms with Crippen LogP contribution in [0.2, 0.25) is 0 Å². The second kappa shape index (κ2) is 6.47. The predicted octanol–water partition coefficient (Wildman–Crippen LogP) is 1.58. The van der Waals surface area contributed by atoms with Gasteiger partial charge in [0.2, 0.25) is 0 Å². The van der Waals surface area contributed by atoms with Crippen LogP contribution in [0.5, 0.6) is 0 Å². The summed E-state index contributed by atoms with van der Waals surface area (Å²) in [6, 6.07) is -0.463. The van der Waals surface area contributed by atoms with Crippen LogP contribution >= 0.6 is 0 Å². The van der Waals surface area contributed by atoms with Gasteiger partial charge in [-0.1, -0.05) is 20.3 Å². The van der Waals surface area contributed by atoms with Crippen molar-refractivity contribution in [3.8, 4) is 0 Å². The van der Waals surface area contributed by atoms with Crippen molar-refractivity contribution in [3.05, 3.63) is 0 Å². The maximum atomic E-state index is 11.5. The lowest BCUT2D eigenvalue weighted by Crippen LogP contribution is -2.45. The maximum Gasteiger partial charge on any atom is 0.315 e. The normalized spacial score (nSPS) is 23.7. The summed E-state index contributed by atoms with van der Waals surface area (Å²) in [7, 11) is 0. The molecule has 2 atom stereocenters. The smallest absolute Gasteiger partial charge is 0.315 e. The Morgan fingerprint density at radius 1 is 1.35 bits per heavy atom. The highest BCUT2D eigenvalue weighted by atomic mass is 16.4. The van der Waals surface area contributed by atoms with E-state index in [1.807, 2.05) is 0 Å². The molecule has 0 bridgehead atoms. The first kappa shape index (κ1) is 13.8. The summed E-state index contributed by atoms with van der Waals surface area (Å²) in [6.07, 6.45) is 3.22. The number of nitrogens with one attached hydrogen (secondary N) is 2. The second-order valence-corrected chi connectivity index (χ2v) is 5.06. The number of amides is 2. The molecule has 1 saturated carbocycles. The second-order valence-electron chi connectivity index (χ2n) is 5.06. The van der Waals surface area contributed by atoms with E-state index in [1.54, 1.807) is 0 Å². The lowest BCUT2D eigenvalue weighted by Gasteiger charge is -2.18. The van der Waals surface area contributed by atoms with Crippen LogP contribution < -0.4 is 10.6 Å². The van der Waals surface area contributed by atoms with Gasteiger partial charge in [-0.25, -0.2) is 4.79 Å². The molecular weight excluding hydrogens is 220 g/mol. The van der Waals surface area contributed by atoms with Crippen molar-refractivity contribution < 1.29 is 14.7 Å². The molecule has 0 aromatic carbocycles. The molecule has 0 aromatic rings. The van der Waals surface area contributed by atoms with Crippen molar-refractivity contribution in [2.75, 3.05) is 6.54 Å². The topological polar surface area (TPSA) is 78.4 Å². The third-order valence-electron chi connectivity index (χ3n) is 3.16. The fourth-order valence-electron chi connectivity index (χ4n) is 2.12. The van der Waals surface area contributed by atoms with Crippen molar-refractivity contribution in [1.29, 1.82) is 0 Å². The van der Waals surface area contributed by atoms with Crippen LogP contribution in [0.3, 0.4) is 0 Å². The fourth-order valence-corrected chi connectivity index (χ4v) is 2.12. The highest BCUT2D eigenvalue weighted by Gasteiger charge is 2.33. The van der Waals surface area contributed by atoms with Crippen LogP contribution in [0.4, 0.5) is 4.79 Å². The number of urea groups is 1. The number of carboxylic acid groups (broad SMARTS) is 1.